The molecule has 3 atom stereocenters. The van der Waals surface area contributed by atoms with Gasteiger partial charge in [-0.2, -0.15) is 0 Å². The molecule has 0 amide bonds. The number of phosphoric ester groups is 1. The molecule has 0 spiro atoms. The van der Waals surface area contributed by atoms with Gasteiger partial charge in [0.05, 0.1) is 26.4 Å². The van der Waals surface area contributed by atoms with Crippen LogP contribution in [0.5, 0.6) is 0 Å². The van der Waals surface area contributed by atoms with Crippen LogP contribution in [0.15, 0.2) is 48.6 Å². The number of carbonyl (C=O) groups is 2. The summed E-state index contributed by atoms with van der Waals surface area (Å²) in [6.07, 6.45) is 31.1. The van der Waals surface area contributed by atoms with Gasteiger partial charge in [0.15, 0.2) is 0 Å². The maximum absolute atomic E-state index is 12.3. The van der Waals surface area contributed by atoms with Crippen LogP contribution in [0.2, 0.25) is 0 Å². The fraction of sp³-hybridized carbons (Fsp3) is 0.722. The zero-order chi connectivity index (χ0) is 34.9. The second-order valence-electron chi connectivity index (χ2n) is 11.5. The van der Waals surface area contributed by atoms with Crippen molar-refractivity contribution in [2.24, 2.45) is 0 Å². The van der Waals surface area contributed by atoms with E-state index in [2.05, 4.69) is 62.5 Å². The fourth-order valence-electron chi connectivity index (χ4n) is 4.34. The maximum Gasteiger partial charge on any atom is 0.472 e. The van der Waals surface area contributed by atoms with Crippen LogP contribution in [0.1, 0.15) is 129 Å². The molecule has 272 valence electrons. The Morgan fingerprint density at radius 3 is 1.45 bits per heavy atom. The summed E-state index contributed by atoms with van der Waals surface area (Å²) >= 11 is 0. The number of hydrogen-bond donors (Lipinski definition) is 3. The molecular formula is C36H63O10P. The third kappa shape index (κ3) is 31.0. The summed E-state index contributed by atoms with van der Waals surface area (Å²) in [4.78, 5) is 34.2. The molecule has 0 heterocycles. The van der Waals surface area contributed by atoms with E-state index in [1.165, 1.54) is 32.1 Å². The van der Waals surface area contributed by atoms with Crippen LogP contribution in [-0.2, 0) is 32.7 Å². The van der Waals surface area contributed by atoms with Gasteiger partial charge in [-0.25, -0.2) is 4.57 Å². The molecule has 0 saturated heterocycles. The third-order valence-electron chi connectivity index (χ3n) is 7.06. The predicted octanol–water partition coefficient (Wildman–Crippen LogP) is 8.21. The van der Waals surface area contributed by atoms with Crippen LogP contribution < -0.4 is 0 Å². The topological polar surface area (TPSA) is 149 Å². The van der Waals surface area contributed by atoms with Crippen molar-refractivity contribution in [2.75, 3.05) is 26.4 Å². The summed E-state index contributed by atoms with van der Waals surface area (Å²) in [5.41, 5.74) is 0. The lowest BCUT2D eigenvalue weighted by molar-refractivity contribution is -0.153. The molecule has 0 aromatic rings. The van der Waals surface area contributed by atoms with Gasteiger partial charge in [0.25, 0.3) is 0 Å². The zero-order valence-electron chi connectivity index (χ0n) is 29.0. The lowest BCUT2D eigenvalue weighted by Crippen LogP contribution is -2.28. The number of esters is 2. The normalized spacial score (nSPS) is 14.7. The van der Waals surface area contributed by atoms with Crippen molar-refractivity contribution in [2.45, 2.75) is 142 Å². The van der Waals surface area contributed by atoms with E-state index in [9.17, 15) is 29.3 Å². The molecule has 0 saturated carbocycles. The first-order valence-corrected chi connectivity index (χ1v) is 19.1. The maximum atomic E-state index is 12.3. The molecule has 0 aromatic heterocycles. The highest BCUT2D eigenvalue weighted by molar-refractivity contribution is 7.47. The Hall–Kier alpha value is -2.07. The van der Waals surface area contributed by atoms with Crippen molar-refractivity contribution in [3.8, 4) is 0 Å². The van der Waals surface area contributed by atoms with Crippen LogP contribution in [-0.4, -0.2) is 65.7 Å². The van der Waals surface area contributed by atoms with Crippen LogP contribution in [0.4, 0.5) is 0 Å². The molecule has 0 aliphatic rings. The standard InChI is InChI=1S/C36H63O10P/c1-3-5-7-9-11-13-14-15-16-17-18-20-22-24-26-28-36(40)46-34(30-38)32-44-47(41,42)43-31-33(29-37)45-35(39)27-25-23-21-19-12-10-8-6-4-2/h5,7,11,13,15-16,18,20,33-34,37-38H,3-4,6,8-10,12,14,17,19,21-32H2,1-2H3,(H,41,42)/b7-5-,13-11-,16-15-,20-18-. The highest BCUT2D eigenvalue weighted by Crippen LogP contribution is 2.43. The van der Waals surface area contributed by atoms with E-state index in [0.29, 0.717) is 12.8 Å². The number of rotatable bonds is 32. The molecule has 11 heteroatoms. The van der Waals surface area contributed by atoms with E-state index in [4.69, 9.17) is 18.5 Å². The van der Waals surface area contributed by atoms with Crippen LogP contribution in [0.25, 0.3) is 0 Å². The molecule has 0 aliphatic carbocycles. The Morgan fingerprint density at radius 2 is 1.00 bits per heavy atom. The van der Waals surface area contributed by atoms with Crippen LogP contribution in [0.3, 0.4) is 0 Å². The Morgan fingerprint density at radius 1 is 0.596 bits per heavy atom. The zero-order valence-corrected chi connectivity index (χ0v) is 29.9. The van der Waals surface area contributed by atoms with Crippen molar-refractivity contribution in [3.05, 3.63) is 48.6 Å². The largest absolute Gasteiger partial charge is 0.472 e. The highest BCUT2D eigenvalue weighted by atomic mass is 31.2. The van der Waals surface area contributed by atoms with Crippen LogP contribution in [0, 0.1) is 0 Å². The minimum atomic E-state index is -4.63. The first kappa shape index (κ1) is 44.9. The van der Waals surface area contributed by atoms with Gasteiger partial charge in [-0.3, -0.25) is 18.6 Å². The number of aliphatic hydroxyl groups is 2. The number of unbranched alkanes of at least 4 members (excludes halogenated alkanes) is 10. The van der Waals surface area contributed by atoms with E-state index in [0.717, 1.165) is 57.8 Å². The van der Waals surface area contributed by atoms with Gasteiger partial charge in [-0.1, -0.05) is 114 Å². The lowest BCUT2D eigenvalue weighted by atomic mass is 10.1. The highest BCUT2D eigenvalue weighted by Gasteiger charge is 2.27. The summed E-state index contributed by atoms with van der Waals surface area (Å²) in [5.74, 6) is -1.07. The number of hydrogen-bond acceptors (Lipinski definition) is 9. The first-order chi connectivity index (χ1) is 22.8. The SMILES string of the molecule is CC/C=C\C/C=C\C/C=C\C/C=C\CCCCC(=O)OC(CO)COP(=O)(O)OCC(CO)OC(=O)CCCCCCCCCCC. The van der Waals surface area contributed by atoms with Crippen molar-refractivity contribution in [1.29, 1.82) is 0 Å². The van der Waals surface area contributed by atoms with Gasteiger partial charge < -0.3 is 24.6 Å². The summed E-state index contributed by atoms with van der Waals surface area (Å²) in [6.45, 7) is 1.98. The molecule has 47 heavy (non-hydrogen) atoms. The van der Waals surface area contributed by atoms with Crippen molar-refractivity contribution in [1.82, 2.24) is 0 Å². The van der Waals surface area contributed by atoms with Gasteiger partial charge in [0.1, 0.15) is 12.2 Å². The molecule has 0 radical (unpaired) electrons. The smallest absolute Gasteiger partial charge is 0.457 e. The minimum absolute atomic E-state index is 0.139. The summed E-state index contributed by atoms with van der Waals surface area (Å²) in [5, 5.41) is 19.0. The molecule has 0 rings (SSSR count). The quantitative estimate of drug-likeness (QED) is 0.0274. The van der Waals surface area contributed by atoms with Gasteiger partial charge in [-0.15, -0.1) is 0 Å². The van der Waals surface area contributed by atoms with Crippen molar-refractivity contribution >= 4 is 19.8 Å². The molecule has 0 aromatic carbocycles. The number of allylic oxidation sites excluding steroid dienone is 8. The average Bonchev–Trinajstić information content (AvgIpc) is 3.05. The van der Waals surface area contributed by atoms with Gasteiger partial charge in [0.2, 0.25) is 0 Å². The second kappa shape index (κ2) is 32.5. The summed E-state index contributed by atoms with van der Waals surface area (Å²) in [7, 11) is -4.63. The van der Waals surface area contributed by atoms with E-state index < -0.39 is 58.4 Å². The van der Waals surface area contributed by atoms with Gasteiger partial charge in [0, 0.05) is 12.8 Å². The molecule has 3 N–H and O–H groups in total. The molecule has 0 bridgehead atoms. The number of ether oxygens (including phenoxy) is 2. The summed E-state index contributed by atoms with van der Waals surface area (Å²) in [6, 6.07) is 0. The number of carbonyl (C=O) groups excluding carboxylic acids is 2. The molecule has 10 nitrogen and oxygen atoms in total. The Kier molecular flexibility index (Phi) is 31.0. The predicted molar refractivity (Wildman–Crippen MR) is 187 cm³/mol. The van der Waals surface area contributed by atoms with Crippen LogP contribution >= 0.6 is 7.82 Å². The average molecular weight is 687 g/mol. The van der Waals surface area contributed by atoms with Crippen molar-refractivity contribution < 1.29 is 47.8 Å². The van der Waals surface area contributed by atoms with E-state index in [-0.39, 0.29) is 12.8 Å². The van der Waals surface area contributed by atoms with E-state index in [1.54, 1.807) is 0 Å². The Bertz CT molecular complexity index is 931. The van der Waals surface area contributed by atoms with Gasteiger partial charge in [-0.05, 0) is 51.4 Å². The monoisotopic (exact) mass is 686 g/mol. The Labute approximate surface area is 283 Å². The lowest BCUT2D eigenvalue weighted by Gasteiger charge is -2.20. The van der Waals surface area contributed by atoms with Crippen molar-refractivity contribution in [3.63, 3.8) is 0 Å². The second-order valence-corrected chi connectivity index (χ2v) is 12.9. The molecule has 3 unspecified atom stereocenters. The van der Waals surface area contributed by atoms with Gasteiger partial charge >= 0.3 is 19.8 Å². The fourth-order valence-corrected chi connectivity index (χ4v) is 5.12. The number of phosphoric acid groups is 1. The van der Waals surface area contributed by atoms with E-state index in [1.807, 2.05) is 0 Å². The molecule has 0 aliphatic heterocycles. The molecule has 0 fully saturated rings. The van der Waals surface area contributed by atoms with E-state index >= 15 is 0 Å². The molecular weight excluding hydrogens is 623 g/mol. The first-order valence-electron chi connectivity index (χ1n) is 17.6. The minimum Gasteiger partial charge on any atom is -0.457 e. The third-order valence-corrected chi connectivity index (χ3v) is 8.01. The Balaban J connectivity index is 4.10. The summed E-state index contributed by atoms with van der Waals surface area (Å²) < 4.78 is 32.3. The number of aliphatic hydroxyl groups excluding tert-OH is 2.